The molecule has 0 spiro atoms. The van der Waals surface area contributed by atoms with Gasteiger partial charge in [-0.3, -0.25) is 0 Å². The summed E-state index contributed by atoms with van der Waals surface area (Å²) in [5.74, 6) is 1.81. The van der Waals surface area contributed by atoms with Gasteiger partial charge >= 0.3 is 0 Å². The summed E-state index contributed by atoms with van der Waals surface area (Å²) in [7, 11) is 0. The van der Waals surface area contributed by atoms with E-state index in [1.807, 2.05) is 18.2 Å². The molecule has 0 amide bonds. The lowest BCUT2D eigenvalue weighted by Crippen LogP contribution is -1.98. The second-order valence-electron chi connectivity index (χ2n) is 5.09. The molecule has 0 heterocycles. The van der Waals surface area contributed by atoms with E-state index in [2.05, 4.69) is 48.5 Å². The molecule has 1 rings (SSSR count). The molecule has 0 saturated carbocycles. The minimum Gasteiger partial charge on any atom is -0.493 e. The molecule has 0 radical (unpaired) electrons. The van der Waals surface area contributed by atoms with Crippen molar-refractivity contribution in [3.8, 4) is 11.5 Å². The Hall–Kier alpha value is -1.18. The van der Waals surface area contributed by atoms with Gasteiger partial charge in [-0.05, 0) is 37.5 Å². The Labute approximate surface area is 132 Å². The Morgan fingerprint density at radius 2 is 1.00 bits per heavy atom. The van der Waals surface area contributed by atoms with Crippen LogP contribution in [0.2, 0.25) is 0 Å². The fourth-order valence-electron chi connectivity index (χ4n) is 1.32. The first-order chi connectivity index (χ1) is 10.1. The fraction of sp³-hybridized carbons (Fsp3) is 0.684. The zero-order valence-corrected chi connectivity index (χ0v) is 15.3. The quantitative estimate of drug-likeness (QED) is 0.604. The molecule has 2 heteroatoms. The van der Waals surface area contributed by atoms with Gasteiger partial charge in [0.25, 0.3) is 0 Å². The summed E-state index contributed by atoms with van der Waals surface area (Å²) in [6.07, 6.45) is 4.55. The first-order valence-corrected chi connectivity index (χ1v) is 8.46. The number of hydrogen-bond acceptors (Lipinski definition) is 2. The fourth-order valence-corrected chi connectivity index (χ4v) is 1.32. The van der Waals surface area contributed by atoms with Gasteiger partial charge < -0.3 is 9.47 Å². The minimum absolute atomic E-state index is 0.761. The molecule has 0 aliphatic rings. The van der Waals surface area contributed by atoms with Crippen LogP contribution in [-0.4, -0.2) is 13.2 Å². The van der Waals surface area contributed by atoms with Crippen LogP contribution in [0.5, 0.6) is 11.5 Å². The Bertz CT molecular complexity index is 293. The summed E-state index contributed by atoms with van der Waals surface area (Å²) in [6, 6.07) is 6.03. The number of aryl methyl sites for hydroxylation is 1. The molecule has 0 aliphatic carbocycles. The molecule has 0 saturated heterocycles. The van der Waals surface area contributed by atoms with E-state index in [0.717, 1.165) is 37.6 Å². The maximum absolute atomic E-state index is 5.58. The minimum atomic E-state index is 0.761. The Morgan fingerprint density at radius 3 is 1.29 bits per heavy atom. The third-order valence-electron chi connectivity index (χ3n) is 1.97. The van der Waals surface area contributed by atoms with Gasteiger partial charge in [-0.2, -0.15) is 0 Å². The molecule has 1 aromatic rings. The molecular weight excluding hydrogens is 260 g/mol. The summed E-state index contributed by atoms with van der Waals surface area (Å²) in [4.78, 5) is 0. The average Bonchev–Trinajstić information content (AvgIpc) is 2.44. The third-order valence-corrected chi connectivity index (χ3v) is 1.97. The maximum Gasteiger partial charge on any atom is 0.123 e. The van der Waals surface area contributed by atoms with E-state index in [0.29, 0.717) is 0 Å². The lowest BCUT2D eigenvalue weighted by atomic mass is 10.2. The van der Waals surface area contributed by atoms with Crippen LogP contribution in [0, 0.1) is 6.92 Å². The number of ether oxygens (including phenoxy) is 2. The lowest BCUT2D eigenvalue weighted by Gasteiger charge is -2.09. The highest BCUT2D eigenvalue weighted by molar-refractivity contribution is 5.37. The molecule has 0 N–H and O–H groups in total. The van der Waals surface area contributed by atoms with Crippen LogP contribution in [0.1, 0.15) is 72.8 Å². The standard InChI is InChI=1S/C13H20O2.2C3H8/c1-4-6-14-12-8-11(3)9-13(10-12)15-7-5-2;2*1-3-2/h8-10H,4-7H2,1-3H3;2*3H2,1-2H3. The number of benzene rings is 1. The summed E-state index contributed by atoms with van der Waals surface area (Å²) < 4.78 is 11.2. The highest BCUT2D eigenvalue weighted by atomic mass is 16.5. The molecule has 0 atom stereocenters. The topological polar surface area (TPSA) is 18.5 Å². The third kappa shape index (κ3) is 15.0. The van der Waals surface area contributed by atoms with Gasteiger partial charge in [-0.1, -0.05) is 54.4 Å². The van der Waals surface area contributed by atoms with E-state index in [4.69, 9.17) is 9.47 Å². The van der Waals surface area contributed by atoms with Crippen molar-refractivity contribution in [3.05, 3.63) is 23.8 Å². The largest absolute Gasteiger partial charge is 0.493 e. The molecule has 124 valence electrons. The summed E-state index contributed by atoms with van der Waals surface area (Å²) in [6.45, 7) is 16.3. The highest BCUT2D eigenvalue weighted by Gasteiger charge is 2.00. The molecule has 2 nitrogen and oxygen atoms in total. The first-order valence-electron chi connectivity index (χ1n) is 8.46. The molecule has 0 aromatic heterocycles. The second kappa shape index (κ2) is 16.9. The van der Waals surface area contributed by atoms with E-state index in [9.17, 15) is 0 Å². The van der Waals surface area contributed by atoms with E-state index in [1.165, 1.54) is 18.4 Å². The van der Waals surface area contributed by atoms with E-state index >= 15 is 0 Å². The number of rotatable bonds is 6. The highest BCUT2D eigenvalue weighted by Crippen LogP contribution is 2.22. The molecule has 21 heavy (non-hydrogen) atoms. The Balaban J connectivity index is 0. The van der Waals surface area contributed by atoms with Crippen LogP contribution in [0.15, 0.2) is 18.2 Å². The van der Waals surface area contributed by atoms with Crippen molar-refractivity contribution in [2.75, 3.05) is 13.2 Å². The average molecular weight is 296 g/mol. The zero-order valence-electron chi connectivity index (χ0n) is 15.3. The van der Waals surface area contributed by atoms with Gasteiger partial charge in [0, 0.05) is 6.07 Å². The van der Waals surface area contributed by atoms with Crippen LogP contribution in [-0.2, 0) is 0 Å². The van der Waals surface area contributed by atoms with E-state index < -0.39 is 0 Å². The van der Waals surface area contributed by atoms with Crippen molar-refractivity contribution < 1.29 is 9.47 Å². The van der Waals surface area contributed by atoms with Crippen molar-refractivity contribution in [2.24, 2.45) is 0 Å². The first kappa shape index (κ1) is 22.1. The molecule has 0 bridgehead atoms. The smallest absolute Gasteiger partial charge is 0.123 e. The molecule has 0 fully saturated rings. The normalized spacial score (nSPS) is 8.90. The number of hydrogen-bond donors (Lipinski definition) is 0. The van der Waals surface area contributed by atoms with Gasteiger partial charge in [0.15, 0.2) is 0 Å². The van der Waals surface area contributed by atoms with Gasteiger partial charge in [0.2, 0.25) is 0 Å². The van der Waals surface area contributed by atoms with E-state index in [-0.39, 0.29) is 0 Å². The van der Waals surface area contributed by atoms with Crippen molar-refractivity contribution in [3.63, 3.8) is 0 Å². The van der Waals surface area contributed by atoms with Crippen molar-refractivity contribution >= 4 is 0 Å². The molecule has 0 aliphatic heterocycles. The van der Waals surface area contributed by atoms with Gasteiger partial charge in [-0.25, -0.2) is 0 Å². The predicted octanol–water partition coefficient (Wildman–Crippen LogP) is 6.41. The van der Waals surface area contributed by atoms with Crippen LogP contribution in [0.25, 0.3) is 0 Å². The second-order valence-corrected chi connectivity index (χ2v) is 5.09. The van der Waals surface area contributed by atoms with Crippen LogP contribution >= 0.6 is 0 Å². The predicted molar refractivity (Wildman–Crippen MR) is 94.7 cm³/mol. The summed E-state index contributed by atoms with van der Waals surface area (Å²) >= 11 is 0. The van der Waals surface area contributed by atoms with Crippen molar-refractivity contribution in [1.29, 1.82) is 0 Å². The van der Waals surface area contributed by atoms with Crippen LogP contribution in [0.4, 0.5) is 0 Å². The van der Waals surface area contributed by atoms with Crippen LogP contribution < -0.4 is 9.47 Å². The molecular formula is C19H36O2. The SMILES string of the molecule is CCC.CCC.CCCOc1cc(C)cc(OCCC)c1. The maximum atomic E-state index is 5.58. The van der Waals surface area contributed by atoms with Gasteiger partial charge in [0.1, 0.15) is 11.5 Å². The lowest BCUT2D eigenvalue weighted by molar-refractivity contribution is 0.301. The molecule has 0 unspecified atom stereocenters. The zero-order chi connectivity index (χ0) is 16.5. The Morgan fingerprint density at radius 1 is 0.667 bits per heavy atom. The van der Waals surface area contributed by atoms with Crippen LogP contribution in [0.3, 0.4) is 0 Å². The van der Waals surface area contributed by atoms with E-state index in [1.54, 1.807) is 0 Å². The summed E-state index contributed by atoms with van der Waals surface area (Å²) in [5.41, 5.74) is 1.18. The van der Waals surface area contributed by atoms with Gasteiger partial charge in [0.05, 0.1) is 13.2 Å². The van der Waals surface area contributed by atoms with Crippen molar-refractivity contribution in [2.45, 2.75) is 74.1 Å². The molecule has 1 aromatic carbocycles. The monoisotopic (exact) mass is 296 g/mol. The van der Waals surface area contributed by atoms with Crippen molar-refractivity contribution in [1.82, 2.24) is 0 Å². The van der Waals surface area contributed by atoms with Gasteiger partial charge in [-0.15, -0.1) is 0 Å². The Kier molecular flexibility index (Phi) is 17.8. The summed E-state index contributed by atoms with van der Waals surface area (Å²) in [5, 5.41) is 0.